The second-order valence-corrected chi connectivity index (χ2v) is 9.94. The Morgan fingerprint density at radius 3 is 1.61 bits per heavy atom. The second-order valence-electron chi connectivity index (χ2n) is 9.54. The first-order chi connectivity index (χ1) is 13.1. The van der Waals surface area contributed by atoms with Crippen LogP contribution in [0.3, 0.4) is 0 Å². The van der Waals surface area contributed by atoms with Crippen LogP contribution < -0.4 is 10.6 Å². The molecule has 0 spiro atoms. The molecule has 0 aromatic rings. The Morgan fingerprint density at radius 2 is 1.29 bits per heavy atom. The Kier molecular flexibility index (Phi) is 8.10. The summed E-state index contributed by atoms with van der Waals surface area (Å²) in [6.45, 7) is 11.6. The van der Waals surface area contributed by atoms with Gasteiger partial charge in [-0.2, -0.15) is 0 Å². The maximum atomic E-state index is 11.3. The van der Waals surface area contributed by atoms with Gasteiger partial charge in [0.1, 0.15) is 0 Å². The average molecular weight is 413 g/mol. The van der Waals surface area contributed by atoms with Crippen LogP contribution in [0.5, 0.6) is 0 Å². The van der Waals surface area contributed by atoms with E-state index in [9.17, 15) is 9.59 Å². The number of carbonyl (C=O) groups excluding carboxylic acids is 2. The molecule has 160 valence electrons. The lowest BCUT2D eigenvalue weighted by molar-refractivity contribution is -0.138. The molecule has 0 bridgehead atoms. The predicted octanol–water partition coefficient (Wildman–Crippen LogP) is 3.19. The third kappa shape index (κ3) is 6.90. The fraction of sp³-hybridized carbons (Fsp3) is 0.857. The van der Waals surface area contributed by atoms with Crippen LogP contribution in [0.4, 0.5) is 0 Å². The summed E-state index contributed by atoms with van der Waals surface area (Å²) in [7, 11) is 0. The molecule has 0 aliphatic carbocycles. The Morgan fingerprint density at radius 1 is 0.893 bits per heavy atom. The first-order valence-corrected chi connectivity index (χ1v) is 10.8. The number of cyclic esters (lactones) is 2. The molecule has 0 amide bonds. The van der Waals surface area contributed by atoms with Gasteiger partial charge in [0.05, 0.1) is 26.1 Å². The summed E-state index contributed by atoms with van der Waals surface area (Å²) >= 11 is 5.36. The first-order valence-electron chi connectivity index (χ1n) is 10.4. The summed E-state index contributed by atoms with van der Waals surface area (Å²) in [6, 6.07) is 0. The van der Waals surface area contributed by atoms with Crippen LogP contribution in [0.15, 0.2) is 0 Å². The van der Waals surface area contributed by atoms with Gasteiger partial charge in [-0.1, -0.05) is 27.7 Å². The van der Waals surface area contributed by atoms with Crippen molar-refractivity contribution in [2.45, 2.75) is 66.2 Å². The lowest BCUT2D eigenvalue weighted by Crippen LogP contribution is -2.37. The summed E-state index contributed by atoms with van der Waals surface area (Å²) in [4.78, 5) is 22.6. The van der Waals surface area contributed by atoms with Crippen molar-refractivity contribution in [1.29, 1.82) is 0 Å². The topological polar surface area (TPSA) is 76.7 Å². The summed E-state index contributed by atoms with van der Waals surface area (Å²) < 4.78 is 10.2. The van der Waals surface area contributed by atoms with Gasteiger partial charge >= 0.3 is 11.9 Å². The van der Waals surface area contributed by atoms with E-state index in [4.69, 9.17) is 21.7 Å². The predicted molar refractivity (Wildman–Crippen MR) is 113 cm³/mol. The number of hydrogen-bond donors (Lipinski definition) is 2. The van der Waals surface area contributed by atoms with Crippen molar-refractivity contribution < 1.29 is 19.1 Å². The molecular formula is C21H36N2O4S. The van der Waals surface area contributed by atoms with Crippen molar-refractivity contribution in [3.05, 3.63) is 0 Å². The van der Waals surface area contributed by atoms with Crippen LogP contribution in [0.1, 0.15) is 66.2 Å². The van der Waals surface area contributed by atoms with Crippen LogP contribution in [-0.2, 0) is 19.1 Å². The molecule has 0 radical (unpaired) electrons. The van der Waals surface area contributed by atoms with Gasteiger partial charge < -0.3 is 20.1 Å². The zero-order valence-corrected chi connectivity index (χ0v) is 18.6. The summed E-state index contributed by atoms with van der Waals surface area (Å²) in [5.74, 6) is 0.483. The molecule has 2 unspecified atom stereocenters. The van der Waals surface area contributed by atoms with Crippen LogP contribution in [0, 0.1) is 22.7 Å². The van der Waals surface area contributed by atoms with Crippen molar-refractivity contribution in [2.24, 2.45) is 22.7 Å². The van der Waals surface area contributed by atoms with Crippen LogP contribution in [0.25, 0.3) is 0 Å². The normalized spacial score (nSPS) is 22.7. The van der Waals surface area contributed by atoms with E-state index in [1.165, 1.54) is 0 Å². The molecule has 28 heavy (non-hydrogen) atoms. The van der Waals surface area contributed by atoms with Crippen LogP contribution >= 0.6 is 12.2 Å². The van der Waals surface area contributed by atoms with E-state index in [-0.39, 0.29) is 22.8 Å². The second kappa shape index (κ2) is 9.90. The quantitative estimate of drug-likeness (QED) is 0.324. The van der Waals surface area contributed by atoms with Gasteiger partial charge in [0.2, 0.25) is 0 Å². The Balaban J connectivity index is 1.54. The van der Waals surface area contributed by atoms with Gasteiger partial charge in [-0.3, -0.25) is 9.59 Å². The van der Waals surface area contributed by atoms with Crippen molar-refractivity contribution in [3.63, 3.8) is 0 Å². The van der Waals surface area contributed by atoms with Gasteiger partial charge in [0.15, 0.2) is 5.11 Å². The fourth-order valence-corrected chi connectivity index (χ4v) is 4.20. The van der Waals surface area contributed by atoms with Crippen molar-refractivity contribution in [3.8, 4) is 0 Å². The minimum absolute atomic E-state index is 0.0724. The van der Waals surface area contributed by atoms with E-state index in [0.717, 1.165) is 38.8 Å². The molecule has 0 saturated carbocycles. The van der Waals surface area contributed by atoms with Crippen LogP contribution in [0.2, 0.25) is 0 Å². The van der Waals surface area contributed by atoms with Gasteiger partial charge in [-0.15, -0.1) is 0 Å². The highest BCUT2D eigenvalue weighted by Crippen LogP contribution is 2.38. The maximum Gasteiger partial charge on any atom is 0.306 e. The maximum absolute atomic E-state index is 11.3. The van der Waals surface area contributed by atoms with Gasteiger partial charge in [0, 0.05) is 24.9 Å². The number of rotatable bonds is 10. The number of nitrogens with one attached hydrogen (secondary N) is 2. The standard InChI is InChI=1S/C21H36N2O4S/c1-20(2,15-11-17(24)26-13-15)7-5-9-22-19(28)23-10-6-8-21(3,4)16-12-18(25)27-14-16/h15-16H,5-14H2,1-4H3,(H2,22,23,28). The zero-order chi connectivity index (χ0) is 20.8. The minimum Gasteiger partial charge on any atom is -0.465 e. The molecule has 2 aliphatic heterocycles. The Bertz CT molecular complexity index is 529. The first kappa shape index (κ1) is 22.9. The number of esters is 2. The van der Waals surface area contributed by atoms with Crippen molar-refractivity contribution in [2.75, 3.05) is 26.3 Å². The fourth-order valence-electron chi connectivity index (χ4n) is 3.99. The lowest BCUT2D eigenvalue weighted by atomic mass is 9.75. The molecule has 0 aromatic heterocycles. The molecular weight excluding hydrogens is 376 g/mol. The number of thiocarbonyl (C=S) groups is 1. The van der Waals surface area contributed by atoms with E-state index < -0.39 is 0 Å². The summed E-state index contributed by atoms with van der Waals surface area (Å²) in [5.41, 5.74) is 0.194. The smallest absolute Gasteiger partial charge is 0.306 e. The molecule has 2 heterocycles. The van der Waals surface area contributed by atoms with Crippen molar-refractivity contribution in [1.82, 2.24) is 10.6 Å². The molecule has 2 atom stereocenters. The lowest BCUT2D eigenvalue weighted by Gasteiger charge is -2.30. The molecule has 0 aromatic carbocycles. The van der Waals surface area contributed by atoms with E-state index in [1.54, 1.807) is 0 Å². The number of carbonyl (C=O) groups is 2. The highest BCUT2D eigenvalue weighted by atomic mass is 32.1. The van der Waals surface area contributed by atoms with Gasteiger partial charge in [-0.05, 0) is 48.7 Å². The molecule has 2 aliphatic rings. The van der Waals surface area contributed by atoms with Gasteiger partial charge in [-0.25, -0.2) is 0 Å². The van der Waals surface area contributed by atoms with Crippen LogP contribution in [-0.4, -0.2) is 43.4 Å². The molecule has 2 fully saturated rings. The van der Waals surface area contributed by atoms with E-state index >= 15 is 0 Å². The highest BCUT2D eigenvalue weighted by Gasteiger charge is 2.37. The number of hydrogen-bond acceptors (Lipinski definition) is 5. The zero-order valence-electron chi connectivity index (χ0n) is 17.8. The van der Waals surface area contributed by atoms with E-state index in [0.29, 0.717) is 43.0 Å². The number of ether oxygens (including phenoxy) is 2. The SMILES string of the molecule is CC(C)(CCCNC(=S)NCCCC(C)(C)C1COC(=O)C1)C1COC(=O)C1. The molecule has 6 nitrogen and oxygen atoms in total. The third-order valence-corrected chi connectivity index (χ3v) is 6.78. The minimum atomic E-state index is -0.0724. The third-order valence-electron chi connectivity index (χ3n) is 6.49. The Labute approximate surface area is 174 Å². The summed E-state index contributed by atoms with van der Waals surface area (Å²) in [5, 5.41) is 7.23. The molecule has 2 saturated heterocycles. The summed E-state index contributed by atoms with van der Waals surface area (Å²) in [6.07, 6.45) is 5.14. The molecule has 7 heteroatoms. The largest absolute Gasteiger partial charge is 0.465 e. The average Bonchev–Trinajstić information content (AvgIpc) is 3.25. The van der Waals surface area contributed by atoms with Gasteiger partial charge in [0.25, 0.3) is 0 Å². The highest BCUT2D eigenvalue weighted by molar-refractivity contribution is 7.80. The monoisotopic (exact) mass is 412 g/mol. The van der Waals surface area contributed by atoms with E-state index in [1.807, 2.05) is 0 Å². The molecule has 2 N–H and O–H groups in total. The van der Waals surface area contributed by atoms with E-state index in [2.05, 4.69) is 38.3 Å². The van der Waals surface area contributed by atoms with Crippen molar-refractivity contribution >= 4 is 29.3 Å². The Hall–Kier alpha value is -1.37. The molecule has 2 rings (SSSR count).